The van der Waals surface area contributed by atoms with Gasteiger partial charge in [0.2, 0.25) is 0 Å². The first-order valence-electron chi connectivity index (χ1n) is 6.13. The molecule has 0 fully saturated rings. The van der Waals surface area contributed by atoms with Crippen molar-refractivity contribution in [2.24, 2.45) is 0 Å². The molecule has 0 N–H and O–H groups in total. The minimum Gasteiger partial charge on any atom is -0.353 e. The topological polar surface area (TPSA) is 38.4 Å². The Labute approximate surface area is 93.8 Å². The molecule has 0 bridgehead atoms. The maximum Gasteiger partial charge on any atom is 0.194 e. The molecule has 0 aliphatic heterocycles. The fraction of sp³-hybridized carbons (Fsp3) is 1.00. The predicted octanol–water partition coefficient (Wildman–Crippen LogP) is 3.50. The Hall–Kier alpha value is -0.120. The molecule has 0 saturated carbocycles. The third-order valence-electron chi connectivity index (χ3n) is 2.29. The molecule has 0 aromatic carbocycles. The molecule has 91 valence electrons. The molecule has 0 spiro atoms. The molecule has 0 aromatic heterocycles. The number of hydrogen-bond donors (Lipinski definition) is 0. The highest BCUT2D eigenvalue weighted by Gasteiger charge is 2.10. The van der Waals surface area contributed by atoms with Crippen molar-refractivity contribution in [3.63, 3.8) is 0 Å². The first-order valence-corrected chi connectivity index (χ1v) is 6.13. The third kappa shape index (κ3) is 10.2. The van der Waals surface area contributed by atoms with E-state index in [1.165, 1.54) is 19.3 Å². The fourth-order valence-electron chi connectivity index (χ4n) is 1.47. The number of unbranched alkanes of at least 4 members (excludes halogenated alkanes) is 4. The van der Waals surface area contributed by atoms with Gasteiger partial charge in [0.25, 0.3) is 0 Å². The molecule has 0 amide bonds. The van der Waals surface area contributed by atoms with E-state index >= 15 is 0 Å². The zero-order chi connectivity index (χ0) is 11.5. The number of ether oxygens (including phenoxy) is 2. The van der Waals surface area contributed by atoms with E-state index in [1.807, 2.05) is 6.92 Å². The molecular formula is C12H25O3. The van der Waals surface area contributed by atoms with Crippen LogP contribution >= 0.6 is 0 Å². The minimum absolute atomic E-state index is 0.367. The predicted molar refractivity (Wildman–Crippen MR) is 60.0 cm³/mol. The summed E-state index contributed by atoms with van der Waals surface area (Å²) >= 11 is 0. The van der Waals surface area contributed by atoms with Gasteiger partial charge in [0.1, 0.15) is 0 Å². The second-order valence-corrected chi connectivity index (χ2v) is 3.79. The Morgan fingerprint density at radius 3 is 2.33 bits per heavy atom. The van der Waals surface area contributed by atoms with Crippen molar-refractivity contribution < 1.29 is 14.6 Å². The molecule has 0 saturated heterocycles. The normalized spacial score (nSPS) is 15.2. The lowest BCUT2D eigenvalue weighted by molar-refractivity contribution is -0.241. The van der Waals surface area contributed by atoms with Crippen LogP contribution in [0.3, 0.4) is 0 Å². The van der Waals surface area contributed by atoms with E-state index in [0.717, 1.165) is 12.8 Å². The van der Waals surface area contributed by atoms with Crippen LogP contribution in [0.5, 0.6) is 0 Å². The van der Waals surface area contributed by atoms with Gasteiger partial charge in [-0.25, -0.2) is 5.11 Å². The van der Waals surface area contributed by atoms with Gasteiger partial charge < -0.3 is 9.47 Å². The van der Waals surface area contributed by atoms with Gasteiger partial charge in [0.15, 0.2) is 12.6 Å². The van der Waals surface area contributed by atoms with Crippen molar-refractivity contribution >= 4 is 0 Å². The summed E-state index contributed by atoms with van der Waals surface area (Å²) in [5.74, 6) is 0. The van der Waals surface area contributed by atoms with Crippen LogP contribution in [0.4, 0.5) is 0 Å². The molecule has 3 nitrogen and oxygen atoms in total. The summed E-state index contributed by atoms with van der Waals surface area (Å²) in [4.78, 5) is 0. The van der Waals surface area contributed by atoms with Crippen molar-refractivity contribution in [3.8, 4) is 0 Å². The summed E-state index contributed by atoms with van der Waals surface area (Å²) in [6, 6.07) is 0. The van der Waals surface area contributed by atoms with Crippen LogP contribution in [0, 0.1) is 0 Å². The van der Waals surface area contributed by atoms with Gasteiger partial charge >= 0.3 is 0 Å². The standard InChI is InChI=1S/C12H25O3/c1-4-6-7-8-9-10-12(13)15-11(3)14-5-2/h11-12H,4-10H2,1-3H3. The zero-order valence-corrected chi connectivity index (χ0v) is 10.3. The molecule has 0 aromatic rings. The van der Waals surface area contributed by atoms with Crippen molar-refractivity contribution in [1.82, 2.24) is 0 Å². The van der Waals surface area contributed by atoms with Crippen LogP contribution in [0.1, 0.15) is 59.3 Å². The molecule has 0 aliphatic carbocycles. The van der Waals surface area contributed by atoms with Gasteiger partial charge in [-0.2, -0.15) is 0 Å². The highest BCUT2D eigenvalue weighted by Crippen LogP contribution is 2.10. The quantitative estimate of drug-likeness (QED) is 0.415. The van der Waals surface area contributed by atoms with Crippen molar-refractivity contribution in [2.75, 3.05) is 6.61 Å². The zero-order valence-electron chi connectivity index (χ0n) is 10.3. The summed E-state index contributed by atoms with van der Waals surface area (Å²) in [5, 5.41) is 11.3. The van der Waals surface area contributed by atoms with E-state index in [-0.39, 0.29) is 6.29 Å². The van der Waals surface area contributed by atoms with Crippen molar-refractivity contribution in [3.05, 3.63) is 0 Å². The van der Waals surface area contributed by atoms with Gasteiger partial charge in [-0.1, -0.05) is 32.6 Å². The largest absolute Gasteiger partial charge is 0.353 e. The first-order chi connectivity index (χ1) is 7.20. The van der Waals surface area contributed by atoms with Crippen LogP contribution in [0.2, 0.25) is 0 Å². The van der Waals surface area contributed by atoms with E-state index in [9.17, 15) is 5.11 Å². The number of rotatable bonds is 10. The highest BCUT2D eigenvalue weighted by molar-refractivity contribution is 4.47. The molecule has 0 aliphatic rings. The Kier molecular flexibility index (Phi) is 10.3. The van der Waals surface area contributed by atoms with E-state index < -0.39 is 6.29 Å². The summed E-state index contributed by atoms with van der Waals surface area (Å²) in [6.45, 7) is 6.43. The highest BCUT2D eigenvalue weighted by atomic mass is 16.7. The van der Waals surface area contributed by atoms with Crippen molar-refractivity contribution in [2.45, 2.75) is 71.9 Å². The lowest BCUT2D eigenvalue weighted by Crippen LogP contribution is -2.20. The Bertz CT molecular complexity index is 128. The number of hydrogen-bond acceptors (Lipinski definition) is 2. The van der Waals surface area contributed by atoms with Gasteiger partial charge in [-0.3, -0.25) is 0 Å². The molecule has 2 unspecified atom stereocenters. The average molecular weight is 217 g/mol. The lowest BCUT2D eigenvalue weighted by Gasteiger charge is -2.16. The van der Waals surface area contributed by atoms with Gasteiger partial charge in [-0.15, -0.1) is 0 Å². The Morgan fingerprint density at radius 2 is 1.73 bits per heavy atom. The maximum atomic E-state index is 11.3. The van der Waals surface area contributed by atoms with Crippen LogP contribution in [-0.2, 0) is 14.6 Å². The van der Waals surface area contributed by atoms with Gasteiger partial charge in [0.05, 0.1) is 0 Å². The van der Waals surface area contributed by atoms with E-state index in [1.54, 1.807) is 6.92 Å². The first kappa shape index (κ1) is 14.9. The lowest BCUT2D eigenvalue weighted by atomic mass is 10.1. The second kappa shape index (κ2) is 10.4. The summed E-state index contributed by atoms with van der Waals surface area (Å²) in [6.07, 6.45) is 5.14. The smallest absolute Gasteiger partial charge is 0.194 e. The fourth-order valence-corrected chi connectivity index (χ4v) is 1.47. The summed E-state index contributed by atoms with van der Waals surface area (Å²) < 4.78 is 10.3. The van der Waals surface area contributed by atoms with Crippen LogP contribution in [0.15, 0.2) is 0 Å². The molecule has 15 heavy (non-hydrogen) atoms. The SMILES string of the molecule is CCCCCCCC([O])OC(C)OCC. The second-order valence-electron chi connectivity index (χ2n) is 3.79. The maximum absolute atomic E-state index is 11.3. The molecule has 1 radical (unpaired) electrons. The summed E-state index contributed by atoms with van der Waals surface area (Å²) in [7, 11) is 0. The van der Waals surface area contributed by atoms with Crippen molar-refractivity contribution in [1.29, 1.82) is 0 Å². The van der Waals surface area contributed by atoms with E-state index in [4.69, 9.17) is 9.47 Å². The monoisotopic (exact) mass is 217 g/mol. The van der Waals surface area contributed by atoms with Crippen LogP contribution in [0.25, 0.3) is 0 Å². The Morgan fingerprint density at radius 1 is 1.07 bits per heavy atom. The van der Waals surface area contributed by atoms with Gasteiger partial charge in [0, 0.05) is 13.0 Å². The molecule has 0 rings (SSSR count). The average Bonchev–Trinajstić information content (AvgIpc) is 2.17. The molecule has 2 atom stereocenters. The van der Waals surface area contributed by atoms with E-state index in [2.05, 4.69) is 6.92 Å². The third-order valence-corrected chi connectivity index (χ3v) is 2.29. The van der Waals surface area contributed by atoms with Crippen LogP contribution in [-0.4, -0.2) is 19.2 Å². The molecular weight excluding hydrogens is 192 g/mol. The van der Waals surface area contributed by atoms with Gasteiger partial charge in [-0.05, 0) is 20.3 Å². The van der Waals surface area contributed by atoms with Crippen LogP contribution < -0.4 is 0 Å². The van der Waals surface area contributed by atoms with E-state index in [0.29, 0.717) is 13.0 Å². The molecule has 0 heterocycles. The Balaban J connectivity index is 3.28. The minimum atomic E-state index is -0.923. The summed E-state index contributed by atoms with van der Waals surface area (Å²) in [5.41, 5.74) is 0. The molecule has 3 heteroatoms.